The number of nitrogens with two attached hydrogens (primary N) is 1. The smallest absolute Gasteiger partial charge is 0.337 e. The third kappa shape index (κ3) is 3.71. The SMILES string of the molecule is Nc1cc(C(=O)O)ccc1C(=O)O.O.[Ti]. The molecule has 6 nitrogen and oxygen atoms in total. The molecule has 1 aromatic carbocycles. The molecule has 0 bridgehead atoms. The van der Waals surface area contributed by atoms with Crippen LogP contribution in [0.4, 0.5) is 5.69 Å². The predicted octanol–water partition coefficient (Wildman–Crippen LogP) is -0.162. The van der Waals surface area contributed by atoms with Gasteiger partial charge in [0.25, 0.3) is 0 Å². The summed E-state index contributed by atoms with van der Waals surface area (Å²) in [5.41, 5.74) is 5.15. The van der Waals surface area contributed by atoms with Crippen molar-refractivity contribution in [3.05, 3.63) is 29.3 Å². The number of benzene rings is 1. The molecule has 0 saturated carbocycles. The first kappa shape index (κ1) is 16.1. The second-order valence-corrected chi connectivity index (χ2v) is 2.41. The zero-order chi connectivity index (χ0) is 10.0. The molecule has 0 saturated heterocycles. The van der Waals surface area contributed by atoms with Crippen molar-refractivity contribution >= 4 is 17.6 Å². The van der Waals surface area contributed by atoms with Gasteiger partial charge >= 0.3 is 11.9 Å². The first-order valence-electron chi connectivity index (χ1n) is 3.38. The molecule has 0 unspecified atom stereocenters. The van der Waals surface area contributed by atoms with Crippen LogP contribution in [-0.4, -0.2) is 27.6 Å². The number of carbonyl (C=O) groups is 2. The summed E-state index contributed by atoms with van der Waals surface area (Å²) in [6.45, 7) is 0. The van der Waals surface area contributed by atoms with Crippen molar-refractivity contribution in [2.24, 2.45) is 0 Å². The van der Waals surface area contributed by atoms with Crippen LogP contribution >= 0.6 is 0 Å². The molecule has 0 radical (unpaired) electrons. The van der Waals surface area contributed by atoms with Gasteiger partial charge in [-0.25, -0.2) is 9.59 Å². The van der Waals surface area contributed by atoms with Crippen LogP contribution in [0.3, 0.4) is 0 Å². The minimum absolute atomic E-state index is 0. The number of rotatable bonds is 2. The largest absolute Gasteiger partial charge is 0.478 e. The summed E-state index contributed by atoms with van der Waals surface area (Å²) in [5.74, 6) is -2.31. The van der Waals surface area contributed by atoms with E-state index in [-0.39, 0.29) is 44.0 Å². The van der Waals surface area contributed by atoms with Gasteiger partial charge in [-0.05, 0) is 18.2 Å². The number of nitrogen functional groups attached to an aromatic ring is 1. The van der Waals surface area contributed by atoms with E-state index < -0.39 is 11.9 Å². The monoisotopic (exact) mass is 247 g/mol. The summed E-state index contributed by atoms with van der Waals surface area (Å²) < 4.78 is 0. The van der Waals surface area contributed by atoms with E-state index in [1.54, 1.807) is 0 Å². The number of hydrogen-bond donors (Lipinski definition) is 3. The van der Waals surface area contributed by atoms with Crippen LogP contribution in [0.15, 0.2) is 18.2 Å². The molecule has 0 aliphatic rings. The van der Waals surface area contributed by atoms with Crippen molar-refractivity contribution in [3.63, 3.8) is 0 Å². The Hall–Kier alpha value is -1.37. The molecule has 6 N–H and O–H groups in total. The standard InChI is InChI=1S/C8H7NO4.H2O.Ti/c9-6-3-4(7(10)11)1-2-5(6)8(12)13;;/h1-3H,9H2,(H,10,11)(H,12,13);1H2;. The Morgan fingerprint density at radius 1 is 1.13 bits per heavy atom. The average molecular weight is 247 g/mol. The van der Waals surface area contributed by atoms with Crippen molar-refractivity contribution in [3.8, 4) is 0 Å². The molecule has 0 aliphatic heterocycles. The molecule has 1 aromatic rings. The van der Waals surface area contributed by atoms with Gasteiger partial charge in [0.05, 0.1) is 11.1 Å². The molecule has 0 fully saturated rings. The van der Waals surface area contributed by atoms with E-state index in [1.165, 1.54) is 12.1 Å². The van der Waals surface area contributed by atoms with E-state index >= 15 is 0 Å². The molecule has 7 heteroatoms. The van der Waals surface area contributed by atoms with Crippen LogP contribution in [0, 0.1) is 0 Å². The molecule has 0 atom stereocenters. The normalized spacial score (nSPS) is 8.27. The van der Waals surface area contributed by atoms with E-state index in [9.17, 15) is 9.59 Å². The third-order valence-corrected chi connectivity index (χ3v) is 1.53. The summed E-state index contributed by atoms with van der Waals surface area (Å²) in [4.78, 5) is 20.9. The Labute approximate surface area is 99.9 Å². The zero-order valence-corrected chi connectivity index (χ0v) is 9.08. The quantitative estimate of drug-likeness (QED) is 0.493. The van der Waals surface area contributed by atoms with Gasteiger partial charge in [-0.1, -0.05) is 0 Å². The minimum Gasteiger partial charge on any atom is -0.478 e. The molecular formula is C8H9NO5Ti. The van der Waals surface area contributed by atoms with Gasteiger partial charge in [0.2, 0.25) is 0 Å². The maximum atomic E-state index is 10.5. The van der Waals surface area contributed by atoms with Crippen molar-refractivity contribution in [2.75, 3.05) is 5.73 Å². The Balaban J connectivity index is 0. The predicted molar refractivity (Wildman–Crippen MR) is 48.4 cm³/mol. The molecule has 0 aromatic heterocycles. The van der Waals surface area contributed by atoms with Gasteiger partial charge in [0.15, 0.2) is 0 Å². The topological polar surface area (TPSA) is 132 Å². The van der Waals surface area contributed by atoms with E-state index in [0.29, 0.717) is 0 Å². The van der Waals surface area contributed by atoms with Crippen LogP contribution < -0.4 is 5.73 Å². The van der Waals surface area contributed by atoms with E-state index in [2.05, 4.69) is 0 Å². The van der Waals surface area contributed by atoms with Gasteiger partial charge in [-0.3, -0.25) is 0 Å². The number of aromatic carboxylic acids is 2. The first-order chi connectivity index (χ1) is 6.02. The molecular weight excluding hydrogens is 238 g/mol. The summed E-state index contributed by atoms with van der Waals surface area (Å²) >= 11 is 0. The maximum absolute atomic E-state index is 10.5. The number of hydrogen-bond acceptors (Lipinski definition) is 3. The molecule has 0 spiro atoms. The van der Waals surface area contributed by atoms with E-state index in [4.69, 9.17) is 15.9 Å². The Kier molecular flexibility index (Phi) is 6.62. The van der Waals surface area contributed by atoms with Crippen molar-refractivity contribution in [2.45, 2.75) is 0 Å². The molecule has 0 aliphatic carbocycles. The third-order valence-electron chi connectivity index (χ3n) is 1.53. The number of carboxylic acids is 2. The molecule has 1 rings (SSSR count). The molecule has 80 valence electrons. The van der Waals surface area contributed by atoms with Gasteiger partial charge < -0.3 is 21.4 Å². The Morgan fingerprint density at radius 2 is 1.67 bits per heavy atom. The summed E-state index contributed by atoms with van der Waals surface area (Å²) in [6.07, 6.45) is 0. The average Bonchev–Trinajstić information content (AvgIpc) is 2.03. The van der Waals surface area contributed by atoms with Crippen LogP contribution in [-0.2, 0) is 21.7 Å². The first-order valence-corrected chi connectivity index (χ1v) is 3.38. The van der Waals surface area contributed by atoms with E-state index in [0.717, 1.165) is 6.07 Å². The van der Waals surface area contributed by atoms with Crippen LogP contribution in [0.5, 0.6) is 0 Å². The van der Waals surface area contributed by atoms with Crippen molar-refractivity contribution in [1.82, 2.24) is 0 Å². The number of carboxylic acid groups (broad SMARTS) is 2. The van der Waals surface area contributed by atoms with Crippen LogP contribution in [0.2, 0.25) is 0 Å². The summed E-state index contributed by atoms with van der Waals surface area (Å²) in [5, 5.41) is 17.1. The van der Waals surface area contributed by atoms with Crippen LogP contribution in [0.25, 0.3) is 0 Å². The molecule has 0 heterocycles. The fourth-order valence-electron chi connectivity index (χ4n) is 0.891. The fraction of sp³-hybridized carbons (Fsp3) is 0. The number of anilines is 1. The Morgan fingerprint density at radius 3 is 2.00 bits per heavy atom. The van der Waals surface area contributed by atoms with E-state index in [1.807, 2.05) is 0 Å². The van der Waals surface area contributed by atoms with Crippen molar-refractivity contribution < 1.29 is 47.0 Å². The zero-order valence-electron chi connectivity index (χ0n) is 7.52. The van der Waals surface area contributed by atoms with Gasteiger partial charge in [0, 0.05) is 27.4 Å². The second kappa shape index (κ2) is 6.18. The molecule has 15 heavy (non-hydrogen) atoms. The summed E-state index contributed by atoms with van der Waals surface area (Å²) in [7, 11) is 0. The van der Waals surface area contributed by atoms with Gasteiger partial charge in [-0.15, -0.1) is 0 Å². The van der Waals surface area contributed by atoms with Gasteiger partial charge in [-0.2, -0.15) is 0 Å². The second-order valence-electron chi connectivity index (χ2n) is 2.41. The fourth-order valence-corrected chi connectivity index (χ4v) is 0.891. The minimum atomic E-state index is -1.17. The van der Waals surface area contributed by atoms with Gasteiger partial charge in [0.1, 0.15) is 0 Å². The maximum Gasteiger partial charge on any atom is 0.337 e. The summed E-state index contributed by atoms with van der Waals surface area (Å²) in [6, 6.07) is 3.48. The molecule has 0 amide bonds. The van der Waals surface area contributed by atoms with Crippen molar-refractivity contribution in [1.29, 1.82) is 0 Å². The van der Waals surface area contributed by atoms with Crippen LogP contribution in [0.1, 0.15) is 20.7 Å². The Bertz CT molecular complexity index is 379.